The predicted octanol–water partition coefficient (Wildman–Crippen LogP) is 3.91. The second-order valence-electron chi connectivity index (χ2n) is 8.01. The molecule has 1 aliphatic carbocycles. The number of Topliss-reactive ketones (excluding diaryl/α,β-unsaturated/α-hetero) is 1. The smallest absolute Gasteiger partial charge is 0.218 e. The first-order valence-electron chi connectivity index (χ1n) is 9.96. The largest absolute Gasteiger partial charge is 0.461 e. The molecule has 1 aromatic carbocycles. The first-order valence-corrected chi connectivity index (χ1v) is 9.96. The quantitative estimate of drug-likeness (QED) is 0.802. The Morgan fingerprint density at radius 2 is 2.07 bits per heavy atom. The second kappa shape index (κ2) is 7.37. The lowest BCUT2D eigenvalue weighted by molar-refractivity contribution is 0.0260. The summed E-state index contributed by atoms with van der Waals surface area (Å²) in [6.45, 7) is 4.37. The molecular weight excluding hydrogens is 350 g/mol. The van der Waals surface area contributed by atoms with Gasteiger partial charge in [-0.15, -0.1) is 0 Å². The number of aromatic nitrogens is 1. The third-order valence-electron chi connectivity index (χ3n) is 5.92. The summed E-state index contributed by atoms with van der Waals surface area (Å²) in [6, 6.07) is 12.1. The average Bonchev–Trinajstić information content (AvgIpc) is 3.56. The third-order valence-corrected chi connectivity index (χ3v) is 5.92. The van der Waals surface area contributed by atoms with Crippen LogP contribution in [0.2, 0.25) is 0 Å². The molecule has 2 aromatic rings. The first-order chi connectivity index (χ1) is 13.5. The molecule has 1 aliphatic heterocycles. The minimum atomic E-state index is -1.01. The molecule has 5 heteroatoms. The third kappa shape index (κ3) is 3.41. The van der Waals surface area contributed by atoms with Crippen LogP contribution in [-0.2, 0) is 0 Å². The number of nitrogens with zero attached hydrogens (tertiary/aromatic N) is 2. The zero-order chi connectivity index (χ0) is 19.7. The molecule has 1 saturated heterocycles. The van der Waals surface area contributed by atoms with E-state index >= 15 is 0 Å². The number of carbonyl (C=O) groups excluding carboxylic acids is 1. The number of rotatable bonds is 5. The Hall–Kier alpha value is -2.71. The molecule has 0 unspecified atom stereocenters. The van der Waals surface area contributed by atoms with E-state index in [1.54, 1.807) is 12.3 Å². The van der Waals surface area contributed by atoms with Gasteiger partial charge in [0.05, 0.1) is 11.6 Å². The van der Waals surface area contributed by atoms with Crippen LogP contribution in [0.25, 0.3) is 0 Å². The highest BCUT2D eigenvalue weighted by Gasteiger charge is 2.46. The normalized spacial score (nSPS) is 24.4. The van der Waals surface area contributed by atoms with E-state index < -0.39 is 5.60 Å². The first kappa shape index (κ1) is 18.6. The van der Waals surface area contributed by atoms with Crippen molar-refractivity contribution >= 4 is 5.78 Å². The fourth-order valence-electron chi connectivity index (χ4n) is 3.93. The van der Waals surface area contributed by atoms with Crippen LogP contribution in [0.4, 0.5) is 0 Å². The maximum absolute atomic E-state index is 13.8. The van der Waals surface area contributed by atoms with Crippen LogP contribution >= 0.6 is 0 Å². The van der Waals surface area contributed by atoms with Crippen molar-refractivity contribution in [3.63, 3.8) is 0 Å². The fourth-order valence-corrected chi connectivity index (χ4v) is 3.93. The van der Waals surface area contributed by atoms with E-state index in [9.17, 15) is 10.1 Å². The van der Waals surface area contributed by atoms with Crippen molar-refractivity contribution in [1.82, 2.24) is 10.3 Å². The summed E-state index contributed by atoms with van der Waals surface area (Å²) >= 11 is 0. The minimum absolute atomic E-state index is 0.0120. The van der Waals surface area contributed by atoms with Crippen molar-refractivity contribution in [3.8, 4) is 11.9 Å². The number of piperidine rings is 1. The van der Waals surface area contributed by atoms with Gasteiger partial charge in [-0.2, -0.15) is 5.26 Å². The van der Waals surface area contributed by atoms with E-state index in [-0.39, 0.29) is 5.78 Å². The summed E-state index contributed by atoms with van der Waals surface area (Å²) in [4.78, 5) is 18.1. The van der Waals surface area contributed by atoms with Gasteiger partial charge in [0.15, 0.2) is 5.60 Å². The highest BCUT2D eigenvalue weighted by molar-refractivity contribution is 6.04. The number of nitriles is 1. The van der Waals surface area contributed by atoms with Gasteiger partial charge in [-0.3, -0.25) is 4.79 Å². The lowest BCUT2D eigenvalue weighted by atomic mass is 9.82. The van der Waals surface area contributed by atoms with Crippen molar-refractivity contribution in [1.29, 1.82) is 5.26 Å². The second-order valence-corrected chi connectivity index (χ2v) is 8.01. The molecule has 0 amide bonds. The SMILES string of the molecule is Cc1c(C#N)ccnc1O[C@]1(C(=O)c2ccccc2C2CC2)CC[C@@H](C)NC1. The molecule has 28 heavy (non-hydrogen) atoms. The lowest BCUT2D eigenvalue weighted by Gasteiger charge is -2.39. The van der Waals surface area contributed by atoms with Crippen molar-refractivity contribution in [2.24, 2.45) is 0 Å². The van der Waals surface area contributed by atoms with Gasteiger partial charge < -0.3 is 10.1 Å². The van der Waals surface area contributed by atoms with Crippen LogP contribution in [0.1, 0.15) is 65.6 Å². The van der Waals surface area contributed by atoms with Gasteiger partial charge in [-0.1, -0.05) is 24.3 Å². The number of hydrogen-bond acceptors (Lipinski definition) is 5. The lowest BCUT2D eigenvalue weighted by Crippen LogP contribution is -2.58. The molecule has 0 bridgehead atoms. The van der Waals surface area contributed by atoms with E-state index in [1.165, 1.54) is 0 Å². The molecule has 2 heterocycles. The van der Waals surface area contributed by atoms with Crippen molar-refractivity contribution in [2.45, 2.75) is 57.1 Å². The number of hydrogen-bond donors (Lipinski definition) is 1. The molecular formula is C23H25N3O2. The van der Waals surface area contributed by atoms with Gasteiger partial charge in [0.1, 0.15) is 0 Å². The van der Waals surface area contributed by atoms with Gasteiger partial charge in [0.25, 0.3) is 0 Å². The molecule has 2 fully saturated rings. The molecule has 2 aliphatic rings. The van der Waals surface area contributed by atoms with Crippen LogP contribution in [-0.4, -0.2) is 29.0 Å². The summed E-state index contributed by atoms with van der Waals surface area (Å²) in [5, 5.41) is 12.7. The molecule has 5 nitrogen and oxygen atoms in total. The van der Waals surface area contributed by atoms with Crippen LogP contribution in [0.3, 0.4) is 0 Å². The van der Waals surface area contributed by atoms with Crippen LogP contribution < -0.4 is 10.1 Å². The zero-order valence-corrected chi connectivity index (χ0v) is 16.4. The Morgan fingerprint density at radius 1 is 1.29 bits per heavy atom. The number of carbonyl (C=O) groups is 1. The van der Waals surface area contributed by atoms with E-state index in [4.69, 9.17) is 4.74 Å². The van der Waals surface area contributed by atoms with Gasteiger partial charge in [0, 0.05) is 29.9 Å². The summed E-state index contributed by atoms with van der Waals surface area (Å²) in [7, 11) is 0. The Bertz CT molecular complexity index is 935. The molecule has 2 atom stereocenters. The molecule has 1 saturated carbocycles. The molecule has 1 N–H and O–H groups in total. The average molecular weight is 375 g/mol. The standard InChI is InChI=1S/C23H25N3O2/c1-15-9-11-23(14-26-15,28-22-16(2)18(13-24)10-12-25-22)21(27)20-6-4-3-5-19(20)17-7-8-17/h3-6,10,12,15,17,26H,7-9,11,14H2,1-2H3/t15-,23-/m1/s1. The van der Waals surface area contributed by atoms with Gasteiger partial charge in [-0.25, -0.2) is 4.98 Å². The molecule has 1 aromatic heterocycles. The van der Waals surface area contributed by atoms with Crippen LogP contribution in [0.15, 0.2) is 36.5 Å². The van der Waals surface area contributed by atoms with E-state index in [1.807, 2.05) is 25.1 Å². The Kier molecular flexibility index (Phi) is 4.91. The van der Waals surface area contributed by atoms with Crippen molar-refractivity contribution in [3.05, 3.63) is 58.8 Å². The Morgan fingerprint density at radius 3 is 2.75 bits per heavy atom. The summed E-state index contributed by atoms with van der Waals surface area (Å²) < 4.78 is 6.36. The highest BCUT2D eigenvalue weighted by Crippen LogP contribution is 2.43. The summed E-state index contributed by atoms with van der Waals surface area (Å²) in [6.07, 6.45) is 5.30. The molecule has 4 rings (SSSR count). The van der Waals surface area contributed by atoms with Crippen LogP contribution in [0.5, 0.6) is 5.88 Å². The topological polar surface area (TPSA) is 75.0 Å². The van der Waals surface area contributed by atoms with Crippen LogP contribution in [0, 0.1) is 18.3 Å². The van der Waals surface area contributed by atoms with Crippen molar-refractivity contribution in [2.75, 3.05) is 6.54 Å². The van der Waals surface area contributed by atoms with E-state index in [2.05, 4.69) is 29.4 Å². The Labute approximate surface area is 165 Å². The summed E-state index contributed by atoms with van der Waals surface area (Å²) in [5.41, 5.74) is 2.07. The number of nitrogens with one attached hydrogen (secondary N) is 1. The van der Waals surface area contributed by atoms with Gasteiger partial charge >= 0.3 is 0 Å². The molecule has 144 valence electrons. The maximum atomic E-state index is 13.8. The Balaban J connectivity index is 1.74. The fraction of sp³-hybridized carbons (Fsp3) is 0.435. The van der Waals surface area contributed by atoms with Gasteiger partial charge in [-0.05, 0) is 57.1 Å². The molecule has 0 radical (unpaired) electrons. The van der Waals surface area contributed by atoms with Crippen molar-refractivity contribution < 1.29 is 9.53 Å². The zero-order valence-electron chi connectivity index (χ0n) is 16.4. The van der Waals surface area contributed by atoms with Gasteiger partial charge in [0.2, 0.25) is 11.7 Å². The number of ketones is 1. The highest BCUT2D eigenvalue weighted by atomic mass is 16.5. The summed E-state index contributed by atoms with van der Waals surface area (Å²) in [5.74, 6) is 0.861. The van der Waals surface area contributed by atoms with E-state index in [0.717, 1.165) is 30.4 Å². The monoisotopic (exact) mass is 375 g/mol. The number of pyridine rings is 1. The predicted molar refractivity (Wildman–Crippen MR) is 106 cm³/mol. The number of benzene rings is 1. The van der Waals surface area contributed by atoms with E-state index in [0.29, 0.717) is 41.9 Å². The maximum Gasteiger partial charge on any atom is 0.218 e. The minimum Gasteiger partial charge on any atom is -0.461 e. The molecule has 0 spiro atoms. The number of ether oxygens (including phenoxy) is 1.